The smallest absolute Gasteiger partial charge is 0.328 e. The van der Waals surface area contributed by atoms with E-state index in [1.54, 1.807) is 12.1 Å². The molecule has 1 aromatic rings. The molecule has 21 heavy (non-hydrogen) atoms. The van der Waals surface area contributed by atoms with E-state index >= 15 is 0 Å². The second-order valence-corrected chi connectivity index (χ2v) is 5.68. The Bertz CT molecular complexity index is 545. The zero-order chi connectivity index (χ0) is 15.4. The van der Waals surface area contributed by atoms with Crippen LogP contribution in [0, 0.1) is 0 Å². The maximum Gasteiger partial charge on any atom is 0.328 e. The first kappa shape index (κ1) is 15.9. The second kappa shape index (κ2) is 6.96. The van der Waals surface area contributed by atoms with Gasteiger partial charge >= 0.3 is 5.97 Å². The van der Waals surface area contributed by atoms with Gasteiger partial charge in [0.1, 0.15) is 0 Å². The minimum absolute atomic E-state index is 0.471. The lowest BCUT2D eigenvalue weighted by atomic mass is 10.1. The lowest BCUT2D eigenvalue weighted by Gasteiger charge is -2.41. The molecule has 114 valence electrons. The third-order valence-corrected chi connectivity index (χ3v) is 4.26. The molecule has 1 fully saturated rings. The lowest BCUT2D eigenvalue weighted by Crippen LogP contribution is -2.51. The highest BCUT2D eigenvalue weighted by Crippen LogP contribution is 2.30. The highest BCUT2D eigenvalue weighted by atomic mass is 35.5. The van der Waals surface area contributed by atoms with Crippen molar-refractivity contribution in [2.24, 2.45) is 0 Å². The number of piperazine rings is 1. The van der Waals surface area contributed by atoms with Crippen molar-refractivity contribution in [3.8, 4) is 0 Å². The van der Waals surface area contributed by atoms with Crippen LogP contribution in [0.4, 0.5) is 5.69 Å². The average Bonchev–Trinajstić information content (AvgIpc) is 2.45. The summed E-state index contributed by atoms with van der Waals surface area (Å²) in [5, 5.41) is 9.40. The molecular formula is C16H21ClN2O2. The molecule has 1 N–H and O–H groups in total. The van der Waals surface area contributed by atoms with E-state index in [0.717, 1.165) is 43.5 Å². The summed E-state index contributed by atoms with van der Waals surface area (Å²) in [7, 11) is 0. The van der Waals surface area contributed by atoms with Crippen LogP contribution in [-0.4, -0.2) is 48.2 Å². The summed E-state index contributed by atoms with van der Waals surface area (Å²) in [4.78, 5) is 15.5. The topological polar surface area (TPSA) is 43.8 Å². The summed E-state index contributed by atoms with van der Waals surface area (Å²) in [6.07, 6.45) is 2.72. The Morgan fingerprint density at radius 1 is 1.48 bits per heavy atom. The van der Waals surface area contributed by atoms with Gasteiger partial charge in [-0.25, -0.2) is 4.79 Å². The number of hydrogen-bond donors (Lipinski definition) is 1. The van der Waals surface area contributed by atoms with Crippen molar-refractivity contribution in [2.75, 3.05) is 31.1 Å². The van der Waals surface area contributed by atoms with Crippen molar-refractivity contribution in [2.45, 2.75) is 19.9 Å². The number of halogens is 1. The Morgan fingerprint density at radius 2 is 2.24 bits per heavy atom. The highest BCUT2D eigenvalue weighted by Gasteiger charge is 2.24. The number of carboxylic acid groups (broad SMARTS) is 1. The van der Waals surface area contributed by atoms with E-state index in [2.05, 4.69) is 23.6 Å². The summed E-state index contributed by atoms with van der Waals surface area (Å²) < 4.78 is 0. The molecule has 1 aliphatic rings. The molecule has 1 saturated heterocycles. The van der Waals surface area contributed by atoms with E-state index in [1.807, 2.05) is 12.1 Å². The summed E-state index contributed by atoms with van der Waals surface area (Å²) in [6, 6.07) is 6.17. The van der Waals surface area contributed by atoms with Crippen LogP contribution in [0.2, 0.25) is 5.02 Å². The van der Waals surface area contributed by atoms with Gasteiger partial charge in [0.05, 0.1) is 0 Å². The number of likely N-dealkylation sites (N-methyl/N-ethyl adjacent to an activating group) is 1. The molecule has 1 atom stereocenters. The van der Waals surface area contributed by atoms with Gasteiger partial charge in [-0.1, -0.05) is 24.6 Å². The third-order valence-electron chi connectivity index (χ3n) is 3.93. The highest BCUT2D eigenvalue weighted by molar-refractivity contribution is 6.32. The quantitative estimate of drug-likeness (QED) is 0.869. The Balaban J connectivity index is 2.28. The minimum atomic E-state index is -0.968. The van der Waals surface area contributed by atoms with E-state index in [0.29, 0.717) is 11.1 Å². The lowest BCUT2D eigenvalue weighted by molar-refractivity contribution is -0.131. The summed E-state index contributed by atoms with van der Waals surface area (Å²) in [5.41, 5.74) is 1.78. The van der Waals surface area contributed by atoms with E-state index in [4.69, 9.17) is 16.7 Å². The first-order chi connectivity index (χ1) is 10.0. The van der Waals surface area contributed by atoms with E-state index in [-0.39, 0.29) is 0 Å². The largest absolute Gasteiger partial charge is 0.478 e. The van der Waals surface area contributed by atoms with Crippen molar-refractivity contribution in [3.63, 3.8) is 0 Å². The fourth-order valence-corrected chi connectivity index (χ4v) is 3.04. The Kier molecular flexibility index (Phi) is 5.26. The first-order valence-corrected chi connectivity index (χ1v) is 7.59. The Hall–Kier alpha value is -1.52. The Morgan fingerprint density at radius 3 is 2.86 bits per heavy atom. The molecule has 0 spiro atoms. The molecule has 0 aromatic heterocycles. The van der Waals surface area contributed by atoms with Crippen molar-refractivity contribution in [1.29, 1.82) is 0 Å². The zero-order valence-corrected chi connectivity index (χ0v) is 13.2. The van der Waals surface area contributed by atoms with Crippen molar-refractivity contribution >= 4 is 29.3 Å². The van der Waals surface area contributed by atoms with Gasteiger partial charge in [-0.3, -0.25) is 4.90 Å². The maximum atomic E-state index is 10.8. The number of benzene rings is 1. The van der Waals surface area contributed by atoms with Crippen LogP contribution >= 0.6 is 11.6 Å². The normalized spacial score (nSPS) is 20.1. The zero-order valence-electron chi connectivity index (χ0n) is 12.4. The molecule has 0 aliphatic carbocycles. The van der Waals surface area contributed by atoms with Crippen molar-refractivity contribution in [3.05, 3.63) is 34.9 Å². The van der Waals surface area contributed by atoms with Crippen LogP contribution in [0.25, 0.3) is 6.08 Å². The minimum Gasteiger partial charge on any atom is -0.478 e. The number of carbonyl (C=O) groups is 1. The van der Waals surface area contributed by atoms with E-state index in [1.165, 1.54) is 0 Å². The molecule has 5 heteroatoms. The molecule has 1 aromatic carbocycles. The number of hydrogen-bond acceptors (Lipinski definition) is 3. The van der Waals surface area contributed by atoms with Crippen LogP contribution in [0.1, 0.15) is 19.4 Å². The van der Waals surface area contributed by atoms with Gasteiger partial charge < -0.3 is 10.0 Å². The SMILES string of the molecule is CCN1CCN(c2cccc(Cl)c2C=CC(=O)O)CC1C. The molecule has 1 heterocycles. The van der Waals surface area contributed by atoms with E-state index < -0.39 is 5.97 Å². The fourth-order valence-electron chi connectivity index (χ4n) is 2.80. The summed E-state index contributed by atoms with van der Waals surface area (Å²) in [5.74, 6) is -0.968. The van der Waals surface area contributed by atoms with Gasteiger partial charge in [0.15, 0.2) is 0 Å². The molecular weight excluding hydrogens is 288 g/mol. The van der Waals surface area contributed by atoms with Gasteiger partial charge in [-0.05, 0) is 31.7 Å². The van der Waals surface area contributed by atoms with Crippen LogP contribution in [0.15, 0.2) is 24.3 Å². The molecule has 0 bridgehead atoms. The Labute approximate surface area is 130 Å². The van der Waals surface area contributed by atoms with Crippen molar-refractivity contribution in [1.82, 2.24) is 4.90 Å². The van der Waals surface area contributed by atoms with Crippen LogP contribution in [0.5, 0.6) is 0 Å². The maximum absolute atomic E-state index is 10.8. The molecule has 1 aliphatic heterocycles. The number of aliphatic carboxylic acids is 1. The predicted molar refractivity (Wildman–Crippen MR) is 87.0 cm³/mol. The average molecular weight is 309 g/mol. The van der Waals surface area contributed by atoms with Crippen LogP contribution in [-0.2, 0) is 4.79 Å². The van der Waals surface area contributed by atoms with Gasteiger partial charge in [-0.2, -0.15) is 0 Å². The standard InChI is InChI=1S/C16H21ClN2O2/c1-3-18-9-10-19(11-12(18)2)15-6-4-5-14(17)13(15)7-8-16(20)21/h4-8,12H,3,9-11H2,1-2H3,(H,20,21). The molecule has 0 radical (unpaired) electrons. The van der Waals surface area contributed by atoms with E-state index in [9.17, 15) is 4.79 Å². The molecule has 2 rings (SSSR count). The molecule has 0 saturated carbocycles. The monoisotopic (exact) mass is 308 g/mol. The number of carboxylic acids is 1. The van der Waals surface area contributed by atoms with Crippen LogP contribution in [0.3, 0.4) is 0 Å². The molecule has 1 unspecified atom stereocenters. The summed E-state index contributed by atoms with van der Waals surface area (Å²) >= 11 is 6.24. The molecule has 0 amide bonds. The molecule has 4 nitrogen and oxygen atoms in total. The van der Waals surface area contributed by atoms with Crippen LogP contribution < -0.4 is 4.90 Å². The van der Waals surface area contributed by atoms with Gasteiger partial charge in [0, 0.05) is 48.0 Å². The number of anilines is 1. The second-order valence-electron chi connectivity index (χ2n) is 5.27. The fraction of sp³-hybridized carbons (Fsp3) is 0.438. The number of nitrogens with zero attached hydrogens (tertiary/aromatic N) is 2. The summed E-state index contributed by atoms with van der Waals surface area (Å²) in [6.45, 7) is 8.29. The van der Waals surface area contributed by atoms with Gasteiger partial charge in [0.25, 0.3) is 0 Å². The van der Waals surface area contributed by atoms with Gasteiger partial charge in [0.2, 0.25) is 0 Å². The van der Waals surface area contributed by atoms with Crippen molar-refractivity contribution < 1.29 is 9.90 Å². The van der Waals surface area contributed by atoms with Gasteiger partial charge in [-0.15, -0.1) is 0 Å². The predicted octanol–water partition coefficient (Wildman–Crippen LogP) is 2.97. The third kappa shape index (κ3) is 3.77. The first-order valence-electron chi connectivity index (χ1n) is 7.21. The number of rotatable bonds is 4.